The van der Waals surface area contributed by atoms with Crippen LogP contribution in [0.3, 0.4) is 0 Å². The Kier molecular flexibility index (Phi) is 11.5. The molecule has 4 heteroatoms. The van der Waals surface area contributed by atoms with E-state index in [0.717, 1.165) is 25.9 Å². The first-order valence-corrected chi connectivity index (χ1v) is 11.0. The highest BCUT2D eigenvalue weighted by atomic mass is 28.4. The topological polar surface area (TPSA) is 49.7 Å². The maximum absolute atomic E-state index is 9.48. The van der Waals surface area contributed by atoms with E-state index < -0.39 is 14.4 Å². The molecule has 0 aromatic rings. The standard InChI is InChI=1S/C19H36O3Si/c1-16(2)23(17(3)4,18(5)6)22-15-10-8-7-9-12-19(21)13-11-14-20/h11,13,16-21H,7-8,10,14-15H2,1-6H3/b13-11+/t19-/m1/s1. The van der Waals surface area contributed by atoms with Gasteiger partial charge < -0.3 is 14.6 Å². The first-order valence-electron chi connectivity index (χ1n) is 8.86. The van der Waals surface area contributed by atoms with Gasteiger partial charge >= 0.3 is 0 Å². The Balaban J connectivity index is 4.24. The Morgan fingerprint density at radius 2 is 1.57 bits per heavy atom. The number of aliphatic hydroxyl groups is 2. The Bertz CT molecular complexity index is 369. The Morgan fingerprint density at radius 1 is 1.00 bits per heavy atom. The van der Waals surface area contributed by atoms with Crippen LogP contribution in [0.1, 0.15) is 60.8 Å². The largest absolute Gasteiger partial charge is 0.416 e. The lowest BCUT2D eigenvalue weighted by Crippen LogP contribution is -2.47. The van der Waals surface area contributed by atoms with E-state index in [0.29, 0.717) is 16.6 Å². The molecule has 0 rings (SSSR count). The molecule has 0 bridgehead atoms. The van der Waals surface area contributed by atoms with E-state index in [2.05, 4.69) is 53.4 Å². The molecule has 1 atom stereocenters. The van der Waals surface area contributed by atoms with E-state index in [1.54, 1.807) is 0 Å². The lowest BCUT2D eigenvalue weighted by atomic mass is 10.2. The third-order valence-corrected chi connectivity index (χ3v) is 10.5. The van der Waals surface area contributed by atoms with Gasteiger partial charge in [0.25, 0.3) is 0 Å². The first-order chi connectivity index (χ1) is 10.8. The van der Waals surface area contributed by atoms with Crippen molar-refractivity contribution < 1.29 is 14.6 Å². The monoisotopic (exact) mass is 340 g/mol. The van der Waals surface area contributed by atoms with Crippen molar-refractivity contribution >= 4 is 8.32 Å². The Morgan fingerprint density at radius 3 is 2.04 bits per heavy atom. The highest BCUT2D eigenvalue weighted by molar-refractivity contribution is 6.77. The van der Waals surface area contributed by atoms with Crippen LogP contribution in [0, 0.1) is 11.8 Å². The van der Waals surface area contributed by atoms with E-state index in [1.165, 1.54) is 12.2 Å². The molecule has 0 amide bonds. The van der Waals surface area contributed by atoms with Crippen LogP contribution in [0.4, 0.5) is 0 Å². The zero-order valence-electron chi connectivity index (χ0n) is 15.8. The minimum Gasteiger partial charge on any atom is -0.416 e. The Labute approximate surface area is 144 Å². The lowest BCUT2D eigenvalue weighted by Gasteiger charge is -2.42. The van der Waals surface area contributed by atoms with Crippen LogP contribution in [0.5, 0.6) is 0 Å². The smallest absolute Gasteiger partial charge is 0.200 e. The van der Waals surface area contributed by atoms with Crippen LogP contribution in [-0.2, 0) is 4.43 Å². The predicted octanol–water partition coefficient (Wildman–Crippen LogP) is 4.26. The highest BCUT2D eigenvalue weighted by Crippen LogP contribution is 2.42. The SMILES string of the molecule is CC(C)[Si](OCCCCC#C[C@@H](O)/C=C/CO)(C(C)C)C(C)C. The summed E-state index contributed by atoms with van der Waals surface area (Å²) >= 11 is 0. The molecule has 0 spiro atoms. The summed E-state index contributed by atoms with van der Waals surface area (Å²) in [6.45, 7) is 14.6. The summed E-state index contributed by atoms with van der Waals surface area (Å²) < 4.78 is 6.50. The van der Waals surface area contributed by atoms with Gasteiger partial charge in [0.05, 0.1) is 6.61 Å². The molecule has 3 nitrogen and oxygen atoms in total. The van der Waals surface area contributed by atoms with Gasteiger partial charge in [-0.25, -0.2) is 0 Å². The molecule has 0 fully saturated rings. The van der Waals surface area contributed by atoms with Crippen LogP contribution in [0.2, 0.25) is 16.6 Å². The molecule has 0 aromatic carbocycles. The summed E-state index contributed by atoms with van der Waals surface area (Å²) in [6, 6.07) is 0. The molecular weight excluding hydrogens is 304 g/mol. The zero-order valence-corrected chi connectivity index (χ0v) is 16.8. The van der Waals surface area contributed by atoms with Crippen LogP contribution >= 0.6 is 0 Å². The van der Waals surface area contributed by atoms with Gasteiger partial charge in [-0.2, -0.15) is 0 Å². The number of aliphatic hydroxyl groups excluding tert-OH is 2. The summed E-state index contributed by atoms with van der Waals surface area (Å²) in [4.78, 5) is 0. The highest BCUT2D eigenvalue weighted by Gasteiger charge is 2.44. The maximum atomic E-state index is 9.48. The van der Waals surface area contributed by atoms with Crippen molar-refractivity contribution in [1.82, 2.24) is 0 Å². The van der Waals surface area contributed by atoms with Crippen LogP contribution in [0.25, 0.3) is 0 Å². The molecule has 0 aliphatic carbocycles. The summed E-state index contributed by atoms with van der Waals surface area (Å²) in [5, 5.41) is 18.1. The van der Waals surface area contributed by atoms with Gasteiger partial charge in [-0.15, -0.1) is 5.92 Å². The molecule has 0 saturated carbocycles. The molecule has 0 aromatic heterocycles. The molecule has 23 heavy (non-hydrogen) atoms. The van der Waals surface area contributed by atoms with E-state index in [-0.39, 0.29) is 6.61 Å². The molecule has 0 radical (unpaired) electrons. The van der Waals surface area contributed by atoms with Crippen LogP contribution < -0.4 is 0 Å². The van der Waals surface area contributed by atoms with Gasteiger partial charge in [0.2, 0.25) is 0 Å². The molecule has 0 heterocycles. The van der Waals surface area contributed by atoms with Gasteiger partial charge in [-0.05, 0) is 35.5 Å². The summed E-state index contributed by atoms with van der Waals surface area (Å²) in [7, 11) is -1.74. The minimum absolute atomic E-state index is 0.0662. The fourth-order valence-electron chi connectivity index (χ4n) is 3.48. The predicted molar refractivity (Wildman–Crippen MR) is 101 cm³/mol. The van der Waals surface area contributed by atoms with Crippen molar-refractivity contribution in [2.24, 2.45) is 0 Å². The number of rotatable bonds is 10. The number of hydrogen-bond acceptors (Lipinski definition) is 3. The molecule has 0 unspecified atom stereocenters. The quantitative estimate of drug-likeness (QED) is 0.270. The third-order valence-electron chi connectivity index (χ3n) is 4.43. The van der Waals surface area contributed by atoms with Crippen molar-refractivity contribution in [2.45, 2.75) is 83.5 Å². The van der Waals surface area contributed by atoms with Gasteiger partial charge in [0.15, 0.2) is 8.32 Å². The number of hydrogen-bond donors (Lipinski definition) is 2. The van der Waals surface area contributed by atoms with Crippen molar-refractivity contribution in [2.75, 3.05) is 13.2 Å². The van der Waals surface area contributed by atoms with E-state index in [9.17, 15) is 5.11 Å². The second-order valence-corrected chi connectivity index (χ2v) is 12.5. The molecule has 134 valence electrons. The van der Waals surface area contributed by atoms with Crippen molar-refractivity contribution in [3.63, 3.8) is 0 Å². The summed E-state index contributed by atoms with van der Waals surface area (Å²) in [5.41, 5.74) is 1.86. The normalized spacial score (nSPS) is 13.9. The van der Waals surface area contributed by atoms with E-state index in [1.807, 2.05) is 0 Å². The van der Waals surface area contributed by atoms with Crippen LogP contribution in [-0.4, -0.2) is 37.8 Å². The zero-order chi connectivity index (χ0) is 17.9. The average Bonchev–Trinajstić information content (AvgIpc) is 2.46. The fraction of sp³-hybridized carbons (Fsp3) is 0.789. The van der Waals surface area contributed by atoms with E-state index >= 15 is 0 Å². The van der Waals surface area contributed by atoms with Crippen molar-refractivity contribution in [1.29, 1.82) is 0 Å². The molecular formula is C19H36O3Si. The first kappa shape index (κ1) is 22.4. The maximum Gasteiger partial charge on any atom is 0.200 e. The van der Waals surface area contributed by atoms with Gasteiger partial charge in [0, 0.05) is 13.0 Å². The lowest BCUT2D eigenvalue weighted by molar-refractivity contribution is 0.269. The van der Waals surface area contributed by atoms with Gasteiger partial charge in [0.1, 0.15) is 6.10 Å². The number of unbranched alkanes of at least 4 members (excludes halogenated alkanes) is 2. The average molecular weight is 341 g/mol. The Hall–Kier alpha value is -0.603. The van der Waals surface area contributed by atoms with Crippen molar-refractivity contribution in [3.05, 3.63) is 12.2 Å². The van der Waals surface area contributed by atoms with E-state index in [4.69, 9.17) is 9.53 Å². The second kappa shape index (κ2) is 11.9. The van der Waals surface area contributed by atoms with Crippen molar-refractivity contribution in [3.8, 4) is 11.8 Å². The molecule has 0 saturated heterocycles. The summed E-state index contributed by atoms with van der Waals surface area (Å²) in [5.74, 6) is 5.74. The second-order valence-electron chi connectivity index (χ2n) is 7.00. The molecule has 0 aliphatic rings. The van der Waals surface area contributed by atoms with Gasteiger partial charge in [-0.1, -0.05) is 53.5 Å². The minimum atomic E-state index is -1.74. The molecule has 0 aliphatic heterocycles. The van der Waals surface area contributed by atoms with Crippen LogP contribution in [0.15, 0.2) is 12.2 Å². The third kappa shape index (κ3) is 7.67. The van der Waals surface area contributed by atoms with Gasteiger partial charge in [-0.3, -0.25) is 0 Å². The molecule has 2 N–H and O–H groups in total. The fourth-order valence-corrected chi connectivity index (χ4v) is 8.98. The summed E-state index contributed by atoms with van der Waals surface area (Å²) in [6.07, 6.45) is 5.00.